The molecule has 3 rings (SSSR count). The molecular weight excluding hydrogens is 251 g/mol. The van der Waals surface area contributed by atoms with Crippen LogP contribution < -0.4 is 5.32 Å². The van der Waals surface area contributed by atoms with Gasteiger partial charge in [-0.05, 0) is 43.4 Å². The molecular formula is C14H14ClFN2. The van der Waals surface area contributed by atoms with E-state index in [0.717, 1.165) is 42.5 Å². The first-order valence-corrected chi connectivity index (χ1v) is 6.56. The molecule has 2 aromatic rings. The monoisotopic (exact) mass is 264 g/mol. The van der Waals surface area contributed by atoms with Crippen molar-refractivity contribution in [3.63, 3.8) is 0 Å². The summed E-state index contributed by atoms with van der Waals surface area (Å²) in [5.74, 6) is -0.318. The summed E-state index contributed by atoms with van der Waals surface area (Å²) in [6, 6.07) is 2.83. The fourth-order valence-electron chi connectivity index (χ4n) is 2.74. The Balaban J connectivity index is 2.40. The lowest BCUT2D eigenvalue weighted by molar-refractivity contribution is 0.629. The van der Waals surface area contributed by atoms with Gasteiger partial charge in [-0.1, -0.05) is 11.6 Å². The summed E-state index contributed by atoms with van der Waals surface area (Å²) in [6.45, 7) is 0. The molecule has 0 radical (unpaired) electrons. The molecule has 0 bridgehead atoms. The standard InChI is InChI=1S/C14H14ClFN2/c1-17-13-9-4-2-3-5-12(9)18-14-10(13)6-8(16)7-11(14)15/h6-7H,2-5H2,1H3,(H,17,18). The lowest BCUT2D eigenvalue weighted by Crippen LogP contribution is -2.09. The van der Waals surface area contributed by atoms with Crippen molar-refractivity contribution in [3.05, 3.63) is 34.2 Å². The molecule has 1 heterocycles. The van der Waals surface area contributed by atoms with E-state index in [1.165, 1.54) is 17.7 Å². The molecule has 1 N–H and O–H groups in total. The number of hydrogen-bond donors (Lipinski definition) is 1. The predicted molar refractivity (Wildman–Crippen MR) is 72.9 cm³/mol. The molecule has 0 atom stereocenters. The summed E-state index contributed by atoms with van der Waals surface area (Å²) in [4.78, 5) is 4.63. The molecule has 0 amide bonds. The highest BCUT2D eigenvalue weighted by Gasteiger charge is 2.19. The zero-order chi connectivity index (χ0) is 12.7. The molecule has 0 aliphatic heterocycles. The summed E-state index contributed by atoms with van der Waals surface area (Å²) in [7, 11) is 1.86. The molecule has 1 aromatic heterocycles. The molecule has 1 aromatic carbocycles. The molecule has 94 valence electrons. The second-order valence-corrected chi connectivity index (χ2v) is 5.06. The normalized spacial score (nSPS) is 14.6. The first-order valence-electron chi connectivity index (χ1n) is 6.19. The Hall–Kier alpha value is -1.35. The molecule has 2 nitrogen and oxygen atoms in total. The van der Waals surface area contributed by atoms with Crippen LogP contribution in [0.1, 0.15) is 24.1 Å². The molecule has 18 heavy (non-hydrogen) atoms. The third kappa shape index (κ3) is 1.74. The minimum Gasteiger partial charge on any atom is -0.387 e. The molecule has 1 aliphatic rings. The van der Waals surface area contributed by atoms with Crippen molar-refractivity contribution in [1.29, 1.82) is 0 Å². The van der Waals surface area contributed by atoms with Crippen LogP contribution >= 0.6 is 11.6 Å². The van der Waals surface area contributed by atoms with Crippen LogP contribution in [-0.4, -0.2) is 12.0 Å². The van der Waals surface area contributed by atoms with E-state index in [9.17, 15) is 4.39 Å². The third-order valence-corrected chi connectivity index (χ3v) is 3.82. The van der Waals surface area contributed by atoms with Crippen molar-refractivity contribution in [2.24, 2.45) is 0 Å². The lowest BCUT2D eigenvalue weighted by atomic mass is 9.92. The van der Waals surface area contributed by atoms with Gasteiger partial charge in [-0.2, -0.15) is 0 Å². The average Bonchev–Trinajstić information content (AvgIpc) is 2.36. The number of aromatic nitrogens is 1. The van der Waals surface area contributed by atoms with Crippen LogP contribution in [-0.2, 0) is 12.8 Å². The molecule has 0 spiro atoms. The third-order valence-electron chi connectivity index (χ3n) is 3.53. The Labute approximate surface area is 110 Å². The molecule has 1 aliphatic carbocycles. The summed E-state index contributed by atoms with van der Waals surface area (Å²) < 4.78 is 13.5. The predicted octanol–water partition coefficient (Wildman–Crippen LogP) is 3.95. The highest BCUT2D eigenvalue weighted by molar-refractivity contribution is 6.35. The van der Waals surface area contributed by atoms with Gasteiger partial charge in [0.25, 0.3) is 0 Å². The number of rotatable bonds is 1. The largest absolute Gasteiger partial charge is 0.387 e. The van der Waals surface area contributed by atoms with Gasteiger partial charge in [0.2, 0.25) is 0 Å². The van der Waals surface area contributed by atoms with E-state index >= 15 is 0 Å². The SMILES string of the molecule is CNc1c2c(nc3c(Cl)cc(F)cc13)CCCC2. The number of anilines is 1. The van der Waals surface area contributed by atoms with E-state index in [1.807, 2.05) is 7.05 Å². The number of pyridine rings is 1. The van der Waals surface area contributed by atoms with E-state index in [2.05, 4.69) is 10.3 Å². The van der Waals surface area contributed by atoms with Gasteiger partial charge in [0.1, 0.15) is 5.82 Å². The Kier molecular flexibility index (Phi) is 2.86. The first kappa shape index (κ1) is 11.7. The number of nitrogens with one attached hydrogen (secondary N) is 1. The van der Waals surface area contributed by atoms with Gasteiger partial charge >= 0.3 is 0 Å². The van der Waals surface area contributed by atoms with Crippen LogP contribution in [0.25, 0.3) is 10.9 Å². The van der Waals surface area contributed by atoms with E-state index < -0.39 is 0 Å². The van der Waals surface area contributed by atoms with Gasteiger partial charge in [-0.15, -0.1) is 0 Å². The van der Waals surface area contributed by atoms with E-state index in [4.69, 9.17) is 11.6 Å². The highest BCUT2D eigenvalue weighted by atomic mass is 35.5. The summed E-state index contributed by atoms with van der Waals surface area (Å²) in [6.07, 6.45) is 4.31. The number of fused-ring (bicyclic) bond motifs is 2. The van der Waals surface area contributed by atoms with Crippen LogP contribution in [0.4, 0.5) is 10.1 Å². The van der Waals surface area contributed by atoms with Crippen molar-refractivity contribution < 1.29 is 4.39 Å². The van der Waals surface area contributed by atoms with Gasteiger partial charge in [-0.25, -0.2) is 4.39 Å². The van der Waals surface area contributed by atoms with Crippen molar-refractivity contribution in [3.8, 4) is 0 Å². The van der Waals surface area contributed by atoms with Gasteiger partial charge in [0.15, 0.2) is 0 Å². The number of nitrogens with zero attached hydrogens (tertiary/aromatic N) is 1. The van der Waals surface area contributed by atoms with Crippen LogP contribution in [0, 0.1) is 5.82 Å². The smallest absolute Gasteiger partial charge is 0.125 e. The number of benzene rings is 1. The van der Waals surface area contributed by atoms with Gasteiger partial charge < -0.3 is 5.32 Å². The van der Waals surface area contributed by atoms with Crippen molar-refractivity contribution in [1.82, 2.24) is 4.98 Å². The molecule has 0 unspecified atom stereocenters. The number of aryl methyl sites for hydroxylation is 1. The Morgan fingerprint density at radius 1 is 1.28 bits per heavy atom. The van der Waals surface area contributed by atoms with Crippen LogP contribution in [0.15, 0.2) is 12.1 Å². The van der Waals surface area contributed by atoms with Gasteiger partial charge in [0, 0.05) is 23.8 Å². The summed E-state index contributed by atoms with van der Waals surface area (Å²) in [5, 5.41) is 4.35. The van der Waals surface area contributed by atoms with Crippen molar-refractivity contribution in [2.75, 3.05) is 12.4 Å². The van der Waals surface area contributed by atoms with Crippen LogP contribution in [0.2, 0.25) is 5.02 Å². The number of hydrogen-bond acceptors (Lipinski definition) is 2. The van der Waals surface area contributed by atoms with Gasteiger partial charge in [0.05, 0.1) is 10.5 Å². The van der Waals surface area contributed by atoms with E-state index in [0.29, 0.717) is 10.5 Å². The molecule has 4 heteroatoms. The lowest BCUT2D eigenvalue weighted by Gasteiger charge is -2.20. The first-order chi connectivity index (χ1) is 8.70. The zero-order valence-corrected chi connectivity index (χ0v) is 10.9. The summed E-state index contributed by atoms with van der Waals surface area (Å²) >= 11 is 6.10. The zero-order valence-electron chi connectivity index (χ0n) is 10.2. The maximum atomic E-state index is 13.5. The maximum absolute atomic E-state index is 13.5. The second kappa shape index (κ2) is 4.39. The maximum Gasteiger partial charge on any atom is 0.125 e. The second-order valence-electron chi connectivity index (χ2n) is 4.65. The Bertz CT molecular complexity index is 625. The van der Waals surface area contributed by atoms with Crippen molar-refractivity contribution in [2.45, 2.75) is 25.7 Å². The quantitative estimate of drug-likeness (QED) is 0.844. The topological polar surface area (TPSA) is 24.9 Å². The minimum absolute atomic E-state index is 0.318. The summed E-state index contributed by atoms with van der Waals surface area (Å²) in [5.41, 5.74) is 4.00. The van der Waals surface area contributed by atoms with Crippen LogP contribution in [0.5, 0.6) is 0 Å². The van der Waals surface area contributed by atoms with Gasteiger partial charge in [-0.3, -0.25) is 4.98 Å². The van der Waals surface area contributed by atoms with E-state index in [-0.39, 0.29) is 5.82 Å². The fraction of sp³-hybridized carbons (Fsp3) is 0.357. The molecule has 0 saturated heterocycles. The van der Waals surface area contributed by atoms with E-state index in [1.54, 1.807) is 0 Å². The fourth-order valence-corrected chi connectivity index (χ4v) is 2.98. The number of halogens is 2. The average molecular weight is 265 g/mol. The van der Waals surface area contributed by atoms with Crippen LogP contribution in [0.3, 0.4) is 0 Å². The van der Waals surface area contributed by atoms with Crippen molar-refractivity contribution >= 4 is 28.2 Å². The Morgan fingerprint density at radius 2 is 2.06 bits per heavy atom. The highest BCUT2D eigenvalue weighted by Crippen LogP contribution is 2.36. The minimum atomic E-state index is -0.318. The molecule has 0 saturated carbocycles. The Morgan fingerprint density at radius 3 is 2.83 bits per heavy atom. The molecule has 0 fully saturated rings.